The molecule has 1 fully saturated rings. The van der Waals surface area contributed by atoms with Crippen molar-refractivity contribution in [1.29, 1.82) is 0 Å². The zero-order chi connectivity index (χ0) is 20.6. The van der Waals surface area contributed by atoms with Gasteiger partial charge >= 0.3 is 13.1 Å². The molecule has 0 aromatic heterocycles. The van der Waals surface area contributed by atoms with Crippen LogP contribution in [0.4, 0.5) is 0 Å². The number of piperidine rings is 1. The van der Waals surface area contributed by atoms with Gasteiger partial charge in [-0.25, -0.2) is 0 Å². The summed E-state index contributed by atoms with van der Waals surface area (Å²) >= 11 is 0. The van der Waals surface area contributed by atoms with Crippen molar-refractivity contribution in [3.05, 3.63) is 35.9 Å². The van der Waals surface area contributed by atoms with Crippen LogP contribution < -0.4 is 5.73 Å². The molecule has 1 aliphatic heterocycles. The van der Waals surface area contributed by atoms with Crippen LogP contribution in [0, 0.1) is 0 Å². The lowest BCUT2D eigenvalue weighted by atomic mass is 9.81. The van der Waals surface area contributed by atoms with E-state index in [1.165, 1.54) is 0 Å². The molecule has 7 nitrogen and oxygen atoms in total. The van der Waals surface area contributed by atoms with Gasteiger partial charge < -0.3 is 30.9 Å². The molecule has 0 bridgehead atoms. The van der Waals surface area contributed by atoms with Crippen LogP contribution in [-0.4, -0.2) is 69.0 Å². The number of hydrogen-bond donors (Lipinski definition) is 5. The Bertz CT molecular complexity index is 608. The van der Waals surface area contributed by atoms with Crippen molar-refractivity contribution in [2.75, 3.05) is 19.6 Å². The SMILES string of the molecule is NC(CCCCB(O)O)(CCN1CCC(O)(Cc2ccccc2)CC1)C(=O)O. The molecule has 156 valence electrons. The molecule has 0 radical (unpaired) electrons. The van der Waals surface area contributed by atoms with E-state index in [1.54, 1.807) is 0 Å². The van der Waals surface area contributed by atoms with E-state index in [0.29, 0.717) is 51.5 Å². The van der Waals surface area contributed by atoms with Crippen LogP contribution in [0.15, 0.2) is 30.3 Å². The van der Waals surface area contributed by atoms with Gasteiger partial charge in [0, 0.05) is 26.1 Å². The number of likely N-dealkylation sites (tertiary alicyclic amines) is 1. The number of carbonyl (C=O) groups is 1. The largest absolute Gasteiger partial charge is 0.480 e. The van der Waals surface area contributed by atoms with Crippen LogP contribution in [-0.2, 0) is 11.2 Å². The highest BCUT2D eigenvalue weighted by Crippen LogP contribution is 2.27. The van der Waals surface area contributed by atoms with Crippen LogP contribution in [0.1, 0.15) is 44.1 Å². The number of carboxylic acids is 1. The predicted molar refractivity (Wildman–Crippen MR) is 109 cm³/mol. The van der Waals surface area contributed by atoms with Crippen molar-refractivity contribution in [2.24, 2.45) is 5.73 Å². The quantitative estimate of drug-likeness (QED) is 0.279. The van der Waals surface area contributed by atoms with Gasteiger partial charge in [0.15, 0.2) is 0 Å². The highest BCUT2D eigenvalue weighted by atomic mass is 16.4. The molecular weight excluding hydrogens is 359 g/mol. The number of hydrogen-bond acceptors (Lipinski definition) is 6. The summed E-state index contributed by atoms with van der Waals surface area (Å²) in [5.41, 5.74) is 5.23. The van der Waals surface area contributed by atoms with Gasteiger partial charge in [0.25, 0.3) is 0 Å². The molecule has 1 saturated heterocycles. The number of rotatable bonds is 11. The Morgan fingerprint density at radius 1 is 1.14 bits per heavy atom. The lowest BCUT2D eigenvalue weighted by Gasteiger charge is -2.39. The number of aliphatic carboxylic acids is 1. The van der Waals surface area contributed by atoms with E-state index in [9.17, 15) is 15.0 Å². The topological polar surface area (TPSA) is 127 Å². The summed E-state index contributed by atoms with van der Waals surface area (Å²) in [6.45, 7) is 2.01. The van der Waals surface area contributed by atoms with Gasteiger partial charge in [-0.3, -0.25) is 4.79 Å². The number of nitrogens with two attached hydrogens (primary N) is 1. The second-order valence-electron chi connectivity index (χ2n) is 8.17. The monoisotopic (exact) mass is 392 g/mol. The molecule has 1 aromatic carbocycles. The Hall–Kier alpha value is -1.45. The van der Waals surface area contributed by atoms with Crippen molar-refractivity contribution in [3.8, 4) is 0 Å². The van der Waals surface area contributed by atoms with Crippen molar-refractivity contribution in [3.63, 3.8) is 0 Å². The molecule has 0 aliphatic carbocycles. The minimum absolute atomic E-state index is 0.224. The second-order valence-corrected chi connectivity index (χ2v) is 8.17. The van der Waals surface area contributed by atoms with Crippen molar-refractivity contribution in [1.82, 2.24) is 4.90 Å². The summed E-state index contributed by atoms with van der Waals surface area (Å²) < 4.78 is 0. The summed E-state index contributed by atoms with van der Waals surface area (Å²) in [6.07, 6.45) is 3.87. The molecule has 8 heteroatoms. The van der Waals surface area contributed by atoms with E-state index in [1.807, 2.05) is 30.3 Å². The molecule has 0 amide bonds. The fourth-order valence-corrected chi connectivity index (χ4v) is 3.81. The highest BCUT2D eigenvalue weighted by molar-refractivity contribution is 6.40. The molecule has 0 saturated carbocycles. The van der Waals surface area contributed by atoms with E-state index in [-0.39, 0.29) is 6.32 Å². The highest BCUT2D eigenvalue weighted by Gasteiger charge is 2.36. The predicted octanol–water partition coefficient (Wildman–Crippen LogP) is 0.871. The van der Waals surface area contributed by atoms with Crippen LogP contribution in [0.25, 0.3) is 0 Å². The molecule has 1 unspecified atom stereocenters. The Kier molecular flexibility index (Phi) is 8.46. The molecule has 1 aromatic rings. The average Bonchev–Trinajstić information content (AvgIpc) is 2.65. The number of unbranched alkanes of at least 4 members (excludes halogenated alkanes) is 1. The smallest absolute Gasteiger partial charge is 0.451 e. The minimum atomic E-state index is -1.36. The molecule has 1 heterocycles. The van der Waals surface area contributed by atoms with Gasteiger partial charge in [-0.05, 0) is 37.6 Å². The van der Waals surface area contributed by atoms with Crippen LogP contribution in [0.5, 0.6) is 0 Å². The zero-order valence-electron chi connectivity index (χ0n) is 16.5. The van der Waals surface area contributed by atoms with Gasteiger partial charge in [-0.1, -0.05) is 43.2 Å². The Labute approximate surface area is 167 Å². The second kappa shape index (κ2) is 10.4. The number of benzene rings is 1. The maximum absolute atomic E-state index is 11.6. The number of nitrogens with zero attached hydrogens (tertiary/aromatic N) is 1. The maximum Gasteiger partial charge on any atom is 0.451 e. The Balaban J connectivity index is 1.78. The van der Waals surface area contributed by atoms with Gasteiger partial charge in [0.2, 0.25) is 0 Å². The maximum atomic E-state index is 11.6. The third kappa shape index (κ3) is 7.18. The molecule has 0 spiro atoms. The lowest BCUT2D eigenvalue weighted by Crippen LogP contribution is -2.52. The summed E-state index contributed by atoms with van der Waals surface area (Å²) in [6, 6.07) is 9.96. The van der Waals surface area contributed by atoms with Crippen LogP contribution >= 0.6 is 0 Å². The Morgan fingerprint density at radius 3 is 2.36 bits per heavy atom. The zero-order valence-corrected chi connectivity index (χ0v) is 16.5. The first-order valence-electron chi connectivity index (χ1n) is 10.1. The van der Waals surface area contributed by atoms with Crippen LogP contribution in [0.3, 0.4) is 0 Å². The molecule has 1 aliphatic rings. The third-order valence-corrected chi connectivity index (χ3v) is 5.80. The number of carboxylic acid groups (broad SMARTS) is 1. The first-order chi connectivity index (χ1) is 13.2. The first kappa shape index (κ1) is 22.8. The van der Waals surface area contributed by atoms with E-state index in [2.05, 4.69) is 4.90 Å². The summed E-state index contributed by atoms with van der Waals surface area (Å²) in [4.78, 5) is 13.8. The standard InChI is InChI=1S/C20H33BN2O5/c22-20(18(24)25,8-4-5-12-21(27)28)11-15-23-13-9-19(26,10-14-23)16-17-6-2-1-3-7-17/h1-3,6-7,26-28H,4-5,8-16,22H2,(H,24,25). The summed E-state index contributed by atoms with van der Waals surface area (Å²) in [5.74, 6) is -1.02. The third-order valence-electron chi connectivity index (χ3n) is 5.80. The number of aliphatic hydroxyl groups is 1. The fourth-order valence-electron chi connectivity index (χ4n) is 3.81. The minimum Gasteiger partial charge on any atom is -0.480 e. The molecule has 2 rings (SSSR count). The van der Waals surface area contributed by atoms with Crippen LogP contribution in [0.2, 0.25) is 6.32 Å². The van der Waals surface area contributed by atoms with Crippen molar-refractivity contribution < 1.29 is 25.1 Å². The summed E-state index contributed by atoms with van der Waals surface area (Å²) in [7, 11) is -1.36. The van der Waals surface area contributed by atoms with E-state index in [0.717, 1.165) is 18.7 Å². The molecular formula is C20H33BN2O5. The molecule has 28 heavy (non-hydrogen) atoms. The average molecular weight is 392 g/mol. The van der Waals surface area contributed by atoms with Gasteiger partial charge in [-0.2, -0.15) is 0 Å². The van der Waals surface area contributed by atoms with Gasteiger partial charge in [0.1, 0.15) is 5.54 Å². The van der Waals surface area contributed by atoms with Crippen molar-refractivity contribution in [2.45, 2.75) is 62.4 Å². The Morgan fingerprint density at radius 2 is 1.79 bits per heavy atom. The van der Waals surface area contributed by atoms with Crippen molar-refractivity contribution >= 4 is 13.1 Å². The first-order valence-corrected chi connectivity index (χ1v) is 10.1. The lowest BCUT2D eigenvalue weighted by molar-refractivity contribution is -0.144. The summed E-state index contributed by atoms with van der Waals surface area (Å²) in [5, 5.41) is 38.2. The fraction of sp³-hybridized carbons (Fsp3) is 0.650. The van der Waals surface area contributed by atoms with E-state index in [4.69, 9.17) is 15.8 Å². The molecule has 6 N–H and O–H groups in total. The molecule has 1 atom stereocenters. The van der Waals surface area contributed by atoms with Gasteiger partial charge in [-0.15, -0.1) is 0 Å². The van der Waals surface area contributed by atoms with E-state index < -0.39 is 24.2 Å². The normalized spacial score (nSPS) is 19.1. The van der Waals surface area contributed by atoms with Gasteiger partial charge in [0.05, 0.1) is 5.60 Å². The van der Waals surface area contributed by atoms with E-state index >= 15 is 0 Å².